The third-order valence-corrected chi connectivity index (χ3v) is 5.82. The van der Waals surface area contributed by atoms with Crippen molar-refractivity contribution >= 4 is 23.4 Å². The van der Waals surface area contributed by atoms with E-state index in [1.807, 2.05) is 0 Å². The fourth-order valence-corrected chi connectivity index (χ4v) is 3.81. The van der Waals surface area contributed by atoms with Gasteiger partial charge >= 0.3 is 0 Å². The Bertz CT molecular complexity index is 1110. The van der Waals surface area contributed by atoms with Crippen molar-refractivity contribution in [1.29, 1.82) is 0 Å². The summed E-state index contributed by atoms with van der Waals surface area (Å²) in [5.74, 6) is 1.25. The average molecular weight is 499 g/mol. The summed E-state index contributed by atoms with van der Waals surface area (Å²) in [5.41, 5.74) is 0.986. The van der Waals surface area contributed by atoms with Crippen molar-refractivity contribution in [1.82, 2.24) is 10.2 Å². The fraction of sp³-hybridized carbons (Fsp3) is 0.333. The molecular weight excluding hydrogens is 468 g/mol. The number of ether oxygens (including phenoxy) is 2. The molecule has 2 aromatic carbocycles. The monoisotopic (exact) mass is 498 g/mol. The van der Waals surface area contributed by atoms with E-state index in [0.717, 1.165) is 6.42 Å². The molecule has 1 heterocycles. The van der Waals surface area contributed by atoms with Gasteiger partial charge in [-0.05, 0) is 60.4 Å². The number of hydrogen-bond acceptors (Lipinski definition) is 5. The Morgan fingerprint density at radius 3 is 2.34 bits per heavy atom. The molecule has 0 saturated heterocycles. The number of halogens is 1. The molecule has 1 N–H and O–H groups in total. The molecule has 3 rings (SSSR count). The lowest BCUT2D eigenvalue weighted by Gasteiger charge is -2.31. The van der Waals surface area contributed by atoms with E-state index in [1.54, 1.807) is 54.6 Å². The molecule has 0 radical (unpaired) electrons. The molecule has 3 aromatic rings. The van der Waals surface area contributed by atoms with E-state index in [0.29, 0.717) is 45.9 Å². The number of carbonyl (C=O) groups is 2. The van der Waals surface area contributed by atoms with Crippen molar-refractivity contribution < 1.29 is 23.5 Å². The number of hydrogen-bond donors (Lipinski definition) is 1. The van der Waals surface area contributed by atoms with Crippen LogP contribution in [0.5, 0.6) is 11.5 Å². The summed E-state index contributed by atoms with van der Waals surface area (Å²) in [7, 11) is 3.03. The zero-order chi connectivity index (χ0) is 25.4. The minimum absolute atomic E-state index is 0.0884. The Hall–Kier alpha value is -3.45. The highest BCUT2D eigenvalue weighted by Crippen LogP contribution is 2.31. The van der Waals surface area contributed by atoms with Crippen molar-refractivity contribution in [2.75, 3.05) is 20.8 Å². The number of nitrogens with zero attached hydrogens (tertiary/aromatic N) is 1. The van der Waals surface area contributed by atoms with Gasteiger partial charge in [-0.25, -0.2) is 0 Å². The van der Waals surface area contributed by atoms with Crippen LogP contribution < -0.4 is 14.8 Å². The predicted molar refractivity (Wildman–Crippen MR) is 135 cm³/mol. The maximum absolute atomic E-state index is 13.9. The first-order chi connectivity index (χ1) is 16.8. The van der Waals surface area contributed by atoms with Crippen LogP contribution >= 0.6 is 11.6 Å². The molecular formula is C27H31ClN2O5. The van der Waals surface area contributed by atoms with Gasteiger partial charge in [0.05, 0.1) is 27.0 Å². The van der Waals surface area contributed by atoms with Crippen LogP contribution in [0.25, 0.3) is 0 Å². The summed E-state index contributed by atoms with van der Waals surface area (Å²) in [6.07, 6.45) is 2.36. The lowest BCUT2D eigenvalue weighted by molar-refractivity contribution is -0.126. The lowest BCUT2D eigenvalue weighted by Crippen LogP contribution is -2.43. The van der Waals surface area contributed by atoms with Crippen molar-refractivity contribution in [3.8, 4) is 11.5 Å². The molecule has 1 atom stereocenters. The summed E-state index contributed by atoms with van der Waals surface area (Å²) < 4.78 is 16.2. The molecule has 0 unspecified atom stereocenters. The Morgan fingerprint density at radius 1 is 1.03 bits per heavy atom. The first-order valence-electron chi connectivity index (χ1n) is 11.4. The highest BCUT2D eigenvalue weighted by molar-refractivity contribution is 6.30. The Labute approximate surface area is 211 Å². The Morgan fingerprint density at radius 2 is 1.74 bits per heavy atom. The Kier molecular flexibility index (Phi) is 9.20. The molecule has 186 valence electrons. The maximum Gasteiger partial charge on any atom is 0.255 e. The number of benzene rings is 2. The molecule has 1 aromatic heterocycles. The second-order valence-corrected chi connectivity index (χ2v) is 8.95. The summed E-state index contributed by atoms with van der Waals surface area (Å²) in [4.78, 5) is 28.9. The highest BCUT2D eigenvalue weighted by atomic mass is 35.5. The number of furan rings is 1. The lowest BCUT2D eigenvalue weighted by atomic mass is 10.0. The van der Waals surface area contributed by atoms with Gasteiger partial charge in [0, 0.05) is 17.1 Å². The van der Waals surface area contributed by atoms with E-state index < -0.39 is 6.04 Å². The molecule has 0 spiro atoms. The molecule has 35 heavy (non-hydrogen) atoms. The summed E-state index contributed by atoms with van der Waals surface area (Å²) >= 11 is 6.11. The maximum atomic E-state index is 13.9. The van der Waals surface area contributed by atoms with Crippen LogP contribution in [0.1, 0.15) is 48.0 Å². The van der Waals surface area contributed by atoms with E-state index in [-0.39, 0.29) is 18.4 Å². The average Bonchev–Trinajstić information content (AvgIpc) is 3.37. The van der Waals surface area contributed by atoms with E-state index in [9.17, 15) is 9.59 Å². The molecule has 0 aliphatic rings. The molecule has 0 fully saturated rings. The number of amides is 2. The number of nitrogens with one attached hydrogen (secondary N) is 1. The van der Waals surface area contributed by atoms with E-state index in [2.05, 4.69) is 19.2 Å². The van der Waals surface area contributed by atoms with Crippen molar-refractivity contribution in [3.63, 3.8) is 0 Å². The van der Waals surface area contributed by atoms with Crippen LogP contribution in [0.2, 0.25) is 5.02 Å². The normalized spacial score (nSPS) is 11.7. The number of methoxy groups -OCH3 is 2. The van der Waals surface area contributed by atoms with Gasteiger partial charge in [0.1, 0.15) is 11.8 Å². The van der Waals surface area contributed by atoms with E-state index in [4.69, 9.17) is 25.5 Å². The van der Waals surface area contributed by atoms with Crippen LogP contribution in [0.15, 0.2) is 65.3 Å². The smallest absolute Gasteiger partial charge is 0.255 e. The molecule has 0 aliphatic heterocycles. The van der Waals surface area contributed by atoms with Crippen molar-refractivity contribution in [2.24, 2.45) is 5.92 Å². The summed E-state index contributed by atoms with van der Waals surface area (Å²) in [6, 6.07) is 14.4. The van der Waals surface area contributed by atoms with Gasteiger partial charge in [-0.15, -0.1) is 0 Å². The SMILES string of the molecule is COc1ccc(C(=O)N(Cc2ccco2)[C@H](C(=O)NCCC(C)C)c2ccc(Cl)cc2)cc1OC. The van der Waals surface area contributed by atoms with Crippen LogP contribution in [0.4, 0.5) is 0 Å². The van der Waals surface area contributed by atoms with E-state index >= 15 is 0 Å². The third-order valence-electron chi connectivity index (χ3n) is 5.56. The van der Waals surface area contributed by atoms with Crippen LogP contribution in [-0.2, 0) is 11.3 Å². The minimum Gasteiger partial charge on any atom is -0.493 e. The quantitative estimate of drug-likeness (QED) is 0.377. The molecule has 0 aliphatic carbocycles. The van der Waals surface area contributed by atoms with Gasteiger partial charge in [0.15, 0.2) is 11.5 Å². The van der Waals surface area contributed by atoms with Gasteiger partial charge in [-0.3, -0.25) is 9.59 Å². The molecule has 8 heteroatoms. The van der Waals surface area contributed by atoms with Gasteiger partial charge in [0.25, 0.3) is 5.91 Å². The van der Waals surface area contributed by atoms with Gasteiger partial charge in [-0.1, -0.05) is 37.6 Å². The minimum atomic E-state index is -0.912. The fourth-order valence-electron chi connectivity index (χ4n) is 3.68. The van der Waals surface area contributed by atoms with Crippen LogP contribution in [-0.4, -0.2) is 37.5 Å². The zero-order valence-electron chi connectivity index (χ0n) is 20.4. The van der Waals surface area contributed by atoms with Crippen molar-refractivity contribution in [2.45, 2.75) is 32.9 Å². The van der Waals surface area contributed by atoms with Gasteiger partial charge in [-0.2, -0.15) is 0 Å². The van der Waals surface area contributed by atoms with Crippen molar-refractivity contribution in [3.05, 3.63) is 82.8 Å². The first-order valence-corrected chi connectivity index (χ1v) is 11.8. The topological polar surface area (TPSA) is 81.0 Å². The first kappa shape index (κ1) is 26.2. The molecule has 7 nitrogen and oxygen atoms in total. The third kappa shape index (κ3) is 6.79. The standard InChI is InChI=1S/C27H31ClN2O5/c1-18(2)13-14-29-26(31)25(19-7-10-21(28)11-8-19)30(17-22-6-5-15-35-22)27(32)20-9-12-23(33-3)24(16-20)34-4/h5-12,15-16,18,25H,13-14,17H2,1-4H3,(H,29,31)/t25-/m0/s1. The van der Waals surface area contributed by atoms with Crippen LogP contribution in [0.3, 0.4) is 0 Å². The molecule has 0 saturated carbocycles. The summed E-state index contributed by atoms with van der Waals surface area (Å²) in [5, 5.41) is 3.53. The van der Waals surface area contributed by atoms with Gasteiger partial charge in [0.2, 0.25) is 5.91 Å². The Balaban J connectivity index is 2.04. The number of carbonyl (C=O) groups excluding carboxylic acids is 2. The molecule has 2 amide bonds. The zero-order valence-corrected chi connectivity index (χ0v) is 21.2. The predicted octanol–water partition coefficient (Wildman–Crippen LogP) is 5.50. The number of rotatable bonds is 11. The van der Waals surface area contributed by atoms with Crippen LogP contribution in [0, 0.1) is 5.92 Å². The van der Waals surface area contributed by atoms with Gasteiger partial charge < -0.3 is 24.1 Å². The highest BCUT2D eigenvalue weighted by Gasteiger charge is 2.33. The second-order valence-electron chi connectivity index (χ2n) is 8.51. The van der Waals surface area contributed by atoms with E-state index in [1.165, 1.54) is 25.4 Å². The largest absolute Gasteiger partial charge is 0.493 e. The summed E-state index contributed by atoms with van der Waals surface area (Å²) in [6.45, 7) is 4.77. The second kappa shape index (κ2) is 12.3. The molecule has 0 bridgehead atoms.